The predicted octanol–water partition coefficient (Wildman–Crippen LogP) is 2.37. The number of hydrogen-bond donors (Lipinski definition) is 2. The van der Waals surface area contributed by atoms with Gasteiger partial charge in [0, 0.05) is 22.7 Å². The maximum Gasteiger partial charge on any atom is 0.0961 e. The number of benzene rings is 1. The first-order valence-electron chi connectivity index (χ1n) is 6.14. The summed E-state index contributed by atoms with van der Waals surface area (Å²) >= 11 is 0. The number of aromatic nitrogens is 2. The number of nitrogens with zero attached hydrogens (tertiary/aromatic N) is 1. The SMILES string of the molecule is Cc1ccccc1-c1n[nH]c2c1C(CN)CC2. The van der Waals surface area contributed by atoms with Gasteiger partial charge in [-0.3, -0.25) is 5.10 Å². The van der Waals surface area contributed by atoms with Crippen molar-refractivity contribution in [2.45, 2.75) is 25.7 Å². The Balaban J connectivity index is 2.15. The van der Waals surface area contributed by atoms with Crippen LogP contribution in [0.15, 0.2) is 24.3 Å². The Kier molecular flexibility index (Phi) is 2.48. The van der Waals surface area contributed by atoms with Gasteiger partial charge in [0.15, 0.2) is 0 Å². The Labute approximate surface area is 101 Å². The number of fused-ring (bicyclic) bond motifs is 1. The molecule has 1 atom stereocenters. The molecule has 0 fully saturated rings. The Hall–Kier alpha value is -1.61. The van der Waals surface area contributed by atoms with Crippen LogP contribution in [0.25, 0.3) is 11.3 Å². The van der Waals surface area contributed by atoms with Crippen molar-refractivity contribution in [3.8, 4) is 11.3 Å². The van der Waals surface area contributed by atoms with Crippen LogP contribution in [-0.2, 0) is 6.42 Å². The van der Waals surface area contributed by atoms with Crippen LogP contribution in [0.3, 0.4) is 0 Å². The van der Waals surface area contributed by atoms with Gasteiger partial charge in [-0.25, -0.2) is 0 Å². The molecule has 1 aliphatic rings. The Morgan fingerprint density at radius 2 is 2.24 bits per heavy atom. The summed E-state index contributed by atoms with van der Waals surface area (Å²) in [5, 5.41) is 7.66. The molecule has 0 spiro atoms. The molecule has 2 aromatic rings. The summed E-state index contributed by atoms with van der Waals surface area (Å²) in [5.74, 6) is 0.471. The van der Waals surface area contributed by atoms with E-state index in [9.17, 15) is 0 Å². The van der Waals surface area contributed by atoms with Crippen LogP contribution in [0.2, 0.25) is 0 Å². The smallest absolute Gasteiger partial charge is 0.0961 e. The lowest BCUT2D eigenvalue weighted by atomic mass is 9.96. The van der Waals surface area contributed by atoms with Gasteiger partial charge in [-0.15, -0.1) is 0 Å². The van der Waals surface area contributed by atoms with Gasteiger partial charge in [-0.1, -0.05) is 24.3 Å². The molecule has 0 aliphatic heterocycles. The molecule has 0 radical (unpaired) electrons. The maximum absolute atomic E-state index is 5.85. The van der Waals surface area contributed by atoms with Crippen LogP contribution in [-0.4, -0.2) is 16.7 Å². The monoisotopic (exact) mass is 227 g/mol. The van der Waals surface area contributed by atoms with E-state index in [1.165, 1.54) is 22.4 Å². The van der Waals surface area contributed by atoms with E-state index in [-0.39, 0.29) is 0 Å². The fourth-order valence-corrected chi connectivity index (χ4v) is 2.76. The molecule has 17 heavy (non-hydrogen) atoms. The van der Waals surface area contributed by atoms with Crippen molar-refractivity contribution in [1.82, 2.24) is 10.2 Å². The Bertz CT molecular complexity index is 542. The molecule has 1 aliphatic carbocycles. The van der Waals surface area contributed by atoms with Crippen LogP contribution >= 0.6 is 0 Å². The second kappa shape index (κ2) is 4.00. The molecule has 3 N–H and O–H groups in total. The summed E-state index contributed by atoms with van der Waals surface area (Å²) in [7, 11) is 0. The Morgan fingerprint density at radius 1 is 1.41 bits per heavy atom. The second-order valence-corrected chi connectivity index (χ2v) is 4.75. The summed E-state index contributed by atoms with van der Waals surface area (Å²) in [4.78, 5) is 0. The number of H-pyrrole nitrogens is 1. The maximum atomic E-state index is 5.85. The Morgan fingerprint density at radius 3 is 3.00 bits per heavy atom. The lowest BCUT2D eigenvalue weighted by Gasteiger charge is -2.10. The van der Waals surface area contributed by atoms with Gasteiger partial charge in [0.1, 0.15) is 0 Å². The minimum atomic E-state index is 0.471. The van der Waals surface area contributed by atoms with Gasteiger partial charge in [-0.05, 0) is 31.9 Å². The van der Waals surface area contributed by atoms with Crippen LogP contribution in [0, 0.1) is 6.92 Å². The third-order valence-corrected chi connectivity index (χ3v) is 3.72. The van der Waals surface area contributed by atoms with E-state index in [4.69, 9.17) is 5.73 Å². The molecule has 0 amide bonds. The highest BCUT2D eigenvalue weighted by Gasteiger charge is 2.28. The van der Waals surface area contributed by atoms with Gasteiger partial charge in [0.2, 0.25) is 0 Å². The predicted molar refractivity (Wildman–Crippen MR) is 68.9 cm³/mol. The van der Waals surface area contributed by atoms with Crippen molar-refractivity contribution in [3.05, 3.63) is 41.1 Å². The lowest BCUT2D eigenvalue weighted by molar-refractivity contribution is 0.682. The molecule has 1 heterocycles. The minimum Gasteiger partial charge on any atom is -0.330 e. The van der Waals surface area contributed by atoms with E-state index in [1.54, 1.807) is 0 Å². The molecule has 1 aromatic carbocycles. The van der Waals surface area contributed by atoms with E-state index in [2.05, 4.69) is 41.4 Å². The second-order valence-electron chi connectivity index (χ2n) is 4.75. The molecule has 88 valence electrons. The minimum absolute atomic E-state index is 0.471. The first-order chi connectivity index (χ1) is 8.31. The fraction of sp³-hybridized carbons (Fsp3) is 0.357. The molecule has 0 saturated heterocycles. The van der Waals surface area contributed by atoms with Crippen LogP contribution < -0.4 is 5.73 Å². The number of nitrogens with two attached hydrogens (primary N) is 1. The number of aromatic amines is 1. The van der Waals surface area contributed by atoms with Crippen LogP contribution in [0.5, 0.6) is 0 Å². The first kappa shape index (κ1) is 10.5. The largest absolute Gasteiger partial charge is 0.330 e. The van der Waals surface area contributed by atoms with Gasteiger partial charge >= 0.3 is 0 Å². The fourth-order valence-electron chi connectivity index (χ4n) is 2.76. The highest BCUT2D eigenvalue weighted by Crippen LogP contribution is 2.38. The lowest BCUT2D eigenvalue weighted by Crippen LogP contribution is -2.10. The van der Waals surface area contributed by atoms with Crippen molar-refractivity contribution in [2.75, 3.05) is 6.54 Å². The van der Waals surface area contributed by atoms with Crippen molar-refractivity contribution >= 4 is 0 Å². The standard InChI is InChI=1S/C14H17N3/c1-9-4-2-3-5-11(9)14-13-10(8-15)6-7-12(13)16-17-14/h2-5,10H,6-8,15H2,1H3,(H,16,17). The molecule has 1 unspecified atom stereocenters. The van der Waals surface area contributed by atoms with Gasteiger partial charge in [-0.2, -0.15) is 5.10 Å². The van der Waals surface area contributed by atoms with Crippen molar-refractivity contribution < 1.29 is 0 Å². The van der Waals surface area contributed by atoms with Gasteiger partial charge < -0.3 is 5.73 Å². The molecule has 3 nitrogen and oxygen atoms in total. The van der Waals surface area contributed by atoms with Crippen molar-refractivity contribution in [3.63, 3.8) is 0 Å². The average Bonchev–Trinajstić information content (AvgIpc) is 2.91. The van der Waals surface area contributed by atoms with Gasteiger partial charge in [0.25, 0.3) is 0 Å². The van der Waals surface area contributed by atoms with Crippen LogP contribution in [0.1, 0.15) is 29.2 Å². The topological polar surface area (TPSA) is 54.7 Å². The number of rotatable bonds is 2. The number of nitrogens with one attached hydrogen (secondary N) is 1. The highest BCUT2D eigenvalue weighted by molar-refractivity contribution is 5.69. The zero-order valence-corrected chi connectivity index (χ0v) is 10.0. The average molecular weight is 227 g/mol. The molecule has 1 aromatic heterocycles. The third kappa shape index (κ3) is 1.58. The normalized spacial score (nSPS) is 18.4. The van der Waals surface area contributed by atoms with E-state index in [0.29, 0.717) is 12.5 Å². The first-order valence-corrected chi connectivity index (χ1v) is 6.14. The quantitative estimate of drug-likeness (QED) is 0.827. The summed E-state index contributed by atoms with van der Waals surface area (Å²) in [6, 6.07) is 8.39. The third-order valence-electron chi connectivity index (χ3n) is 3.72. The number of hydrogen-bond acceptors (Lipinski definition) is 2. The van der Waals surface area contributed by atoms with E-state index >= 15 is 0 Å². The summed E-state index contributed by atoms with van der Waals surface area (Å²) in [6.45, 7) is 2.84. The van der Waals surface area contributed by atoms with Crippen molar-refractivity contribution in [1.29, 1.82) is 0 Å². The highest BCUT2D eigenvalue weighted by atomic mass is 15.1. The van der Waals surface area contributed by atoms with E-state index in [0.717, 1.165) is 18.5 Å². The van der Waals surface area contributed by atoms with E-state index < -0.39 is 0 Å². The van der Waals surface area contributed by atoms with Crippen LogP contribution in [0.4, 0.5) is 0 Å². The zero-order valence-electron chi connectivity index (χ0n) is 10.0. The molecular formula is C14H17N3. The molecule has 0 bridgehead atoms. The molecule has 3 rings (SSSR count). The van der Waals surface area contributed by atoms with Gasteiger partial charge in [0.05, 0.1) is 5.69 Å². The molecule has 3 heteroatoms. The summed E-state index contributed by atoms with van der Waals surface area (Å²) in [5.41, 5.74) is 12.1. The molecule has 0 saturated carbocycles. The molecular weight excluding hydrogens is 210 g/mol. The van der Waals surface area contributed by atoms with E-state index in [1.807, 2.05) is 0 Å². The zero-order chi connectivity index (χ0) is 11.8. The number of aryl methyl sites for hydroxylation is 2. The van der Waals surface area contributed by atoms with Crippen molar-refractivity contribution in [2.24, 2.45) is 5.73 Å². The summed E-state index contributed by atoms with van der Waals surface area (Å²) in [6.07, 6.45) is 2.23. The summed E-state index contributed by atoms with van der Waals surface area (Å²) < 4.78 is 0.